The first-order valence-corrected chi connectivity index (χ1v) is 10.7. The number of aromatic hydroxyl groups is 1. The Morgan fingerprint density at radius 2 is 1.94 bits per heavy atom. The van der Waals surface area contributed by atoms with Crippen LogP contribution in [-0.4, -0.2) is 48.0 Å². The lowest BCUT2D eigenvalue weighted by Gasteiger charge is -2.08. The van der Waals surface area contributed by atoms with Gasteiger partial charge in [-0.25, -0.2) is 4.99 Å². The Morgan fingerprint density at radius 3 is 2.69 bits per heavy atom. The van der Waals surface area contributed by atoms with Crippen molar-refractivity contribution >= 4 is 40.3 Å². The van der Waals surface area contributed by atoms with E-state index < -0.39 is 0 Å². The number of benzene rings is 2. The SMILES string of the molecule is Cc1cc(C(=O)Nc2cccc(C(=O)c3ccc4c(/C=N/c5ccn[nH]5)c(O)[nH]c4c3)c2)n(C)n1. The molecule has 0 bridgehead atoms. The van der Waals surface area contributed by atoms with Gasteiger partial charge in [0.05, 0.1) is 17.5 Å². The number of carbonyl (C=O) groups is 2. The Balaban J connectivity index is 1.39. The number of hydrogen-bond donors (Lipinski definition) is 4. The van der Waals surface area contributed by atoms with Gasteiger partial charge in [0.2, 0.25) is 0 Å². The molecule has 1 amide bonds. The summed E-state index contributed by atoms with van der Waals surface area (Å²) < 4.78 is 1.51. The Hall–Kier alpha value is -4.99. The summed E-state index contributed by atoms with van der Waals surface area (Å²) >= 11 is 0. The zero-order valence-corrected chi connectivity index (χ0v) is 18.9. The van der Waals surface area contributed by atoms with E-state index in [-0.39, 0.29) is 17.6 Å². The summed E-state index contributed by atoms with van der Waals surface area (Å²) in [4.78, 5) is 32.9. The minimum Gasteiger partial charge on any atom is -0.494 e. The molecule has 0 spiro atoms. The predicted octanol–water partition coefficient (Wildman–Crippen LogP) is 3.87. The normalized spacial score (nSPS) is 11.4. The number of H-pyrrole nitrogens is 2. The monoisotopic (exact) mass is 467 g/mol. The van der Waals surface area contributed by atoms with Crippen molar-refractivity contribution in [2.24, 2.45) is 12.0 Å². The van der Waals surface area contributed by atoms with Gasteiger partial charge in [0.15, 0.2) is 11.7 Å². The minimum absolute atomic E-state index is 0.0528. The second-order valence-corrected chi connectivity index (χ2v) is 8.01. The molecule has 4 N–H and O–H groups in total. The summed E-state index contributed by atoms with van der Waals surface area (Å²) in [6.07, 6.45) is 3.11. The second-order valence-electron chi connectivity index (χ2n) is 8.01. The molecule has 3 aromatic heterocycles. The number of carbonyl (C=O) groups excluding carboxylic acids is 2. The highest BCUT2D eigenvalue weighted by Gasteiger charge is 2.16. The van der Waals surface area contributed by atoms with E-state index in [4.69, 9.17) is 0 Å². The molecular weight excluding hydrogens is 446 g/mol. The lowest BCUT2D eigenvalue weighted by molar-refractivity contribution is 0.101. The summed E-state index contributed by atoms with van der Waals surface area (Å²) in [6, 6.07) is 15.3. The van der Waals surface area contributed by atoms with Crippen molar-refractivity contribution in [2.45, 2.75) is 6.92 Å². The number of nitrogens with zero attached hydrogens (tertiary/aromatic N) is 4. The van der Waals surface area contributed by atoms with Crippen LogP contribution in [-0.2, 0) is 7.05 Å². The standard InChI is InChI=1S/C25H21N7O3/c1-14-10-21(32(2)31-14)25(35)28-17-5-3-4-15(11-17)23(33)16-6-7-18-19(24(34)29-20(18)12-16)13-26-22-8-9-27-30-22/h3-13,29,34H,1-2H3,(H,27,30)(H,28,35)/b26-13+. The highest BCUT2D eigenvalue weighted by molar-refractivity contribution is 6.13. The average molecular weight is 467 g/mol. The van der Waals surface area contributed by atoms with Crippen molar-refractivity contribution in [2.75, 3.05) is 5.32 Å². The number of hydrogen-bond acceptors (Lipinski definition) is 6. The molecule has 0 saturated carbocycles. The van der Waals surface area contributed by atoms with E-state index in [2.05, 4.69) is 30.6 Å². The molecule has 0 radical (unpaired) electrons. The van der Waals surface area contributed by atoms with Crippen molar-refractivity contribution in [1.82, 2.24) is 25.0 Å². The molecule has 0 saturated heterocycles. The zero-order chi connectivity index (χ0) is 24.5. The third-order valence-corrected chi connectivity index (χ3v) is 5.52. The number of aromatic amines is 2. The maximum atomic E-state index is 13.2. The zero-order valence-electron chi connectivity index (χ0n) is 18.9. The van der Waals surface area contributed by atoms with Crippen molar-refractivity contribution < 1.29 is 14.7 Å². The molecule has 5 rings (SSSR count). The van der Waals surface area contributed by atoms with Gasteiger partial charge in [-0.05, 0) is 31.2 Å². The van der Waals surface area contributed by atoms with E-state index >= 15 is 0 Å². The summed E-state index contributed by atoms with van der Waals surface area (Å²) in [5.41, 5.74) is 3.60. The number of amides is 1. The van der Waals surface area contributed by atoms with Gasteiger partial charge in [-0.2, -0.15) is 10.2 Å². The highest BCUT2D eigenvalue weighted by atomic mass is 16.3. The topological polar surface area (TPSA) is 141 Å². The smallest absolute Gasteiger partial charge is 0.273 e. The number of nitrogens with one attached hydrogen (secondary N) is 3. The first kappa shape index (κ1) is 21.8. The van der Waals surface area contributed by atoms with Crippen LogP contribution in [0.25, 0.3) is 10.9 Å². The van der Waals surface area contributed by atoms with E-state index in [1.807, 2.05) is 6.92 Å². The fourth-order valence-corrected chi connectivity index (χ4v) is 3.85. The Morgan fingerprint density at radius 1 is 1.11 bits per heavy atom. The highest BCUT2D eigenvalue weighted by Crippen LogP contribution is 2.28. The third kappa shape index (κ3) is 4.32. The minimum atomic E-state index is -0.315. The summed E-state index contributed by atoms with van der Waals surface area (Å²) in [6.45, 7) is 1.81. The van der Waals surface area contributed by atoms with E-state index in [9.17, 15) is 14.7 Å². The van der Waals surface area contributed by atoms with Gasteiger partial charge in [-0.1, -0.05) is 24.3 Å². The number of aliphatic imine (C=N–C) groups is 1. The maximum Gasteiger partial charge on any atom is 0.273 e. The number of aryl methyl sites for hydroxylation is 2. The molecule has 10 nitrogen and oxygen atoms in total. The van der Waals surface area contributed by atoms with Crippen LogP contribution < -0.4 is 5.32 Å². The van der Waals surface area contributed by atoms with Crippen LogP contribution in [0.1, 0.15) is 37.7 Å². The Labute approximate surface area is 199 Å². The van der Waals surface area contributed by atoms with E-state index in [0.717, 1.165) is 11.1 Å². The second kappa shape index (κ2) is 8.75. The Bertz CT molecular complexity index is 1590. The van der Waals surface area contributed by atoms with Crippen molar-refractivity contribution in [3.63, 3.8) is 0 Å². The largest absolute Gasteiger partial charge is 0.494 e. The van der Waals surface area contributed by atoms with Gasteiger partial charge in [0, 0.05) is 47.0 Å². The van der Waals surface area contributed by atoms with Gasteiger partial charge < -0.3 is 15.4 Å². The number of fused-ring (bicyclic) bond motifs is 1. The fraction of sp³-hybridized carbons (Fsp3) is 0.0800. The number of ketones is 1. The Kier molecular flexibility index (Phi) is 5.46. The van der Waals surface area contributed by atoms with Gasteiger partial charge in [-0.3, -0.25) is 19.4 Å². The molecule has 0 aliphatic heterocycles. The molecule has 0 aliphatic carbocycles. The molecule has 0 fully saturated rings. The molecule has 3 heterocycles. The van der Waals surface area contributed by atoms with E-state index in [1.54, 1.807) is 67.8 Å². The van der Waals surface area contributed by atoms with Gasteiger partial charge in [0.25, 0.3) is 5.91 Å². The molecule has 2 aromatic carbocycles. The molecular formula is C25H21N7O3. The molecule has 0 atom stereocenters. The van der Waals surface area contributed by atoms with Gasteiger partial charge in [-0.15, -0.1) is 0 Å². The summed E-state index contributed by atoms with van der Waals surface area (Å²) in [7, 11) is 1.70. The number of anilines is 1. The summed E-state index contributed by atoms with van der Waals surface area (Å²) in [5.74, 6) is -0.0366. The van der Waals surface area contributed by atoms with Crippen LogP contribution in [0.3, 0.4) is 0 Å². The molecule has 174 valence electrons. The predicted molar refractivity (Wildman–Crippen MR) is 132 cm³/mol. The maximum absolute atomic E-state index is 13.2. The van der Waals surface area contributed by atoms with Gasteiger partial charge in [0.1, 0.15) is 11.5 Å². The van der Waals surface area contributed by atoms with Crippen LogP contribution in [0.5, 0.6) is 5.88 Å². The lowest BCUT2D eigenvalue weighted by atomic mass is 10.0. The quantitative estimate of drug-likeness (QED) is 0.222. The molecule has 0 unspecified atom stereocenters. The van der Waals surface area contributed by atoms with Crippen LogP contribution in [0.15, 0.2) is 65.8 Å². The number of rotatable bonds is 6. The lowest BCUT2D eigenvalue weighted by Crippen LogP contribution is -2.16. The molecule has 5 aromatic rings. The molecule has 0 aliphatic rings. The first-order chi connectivity index (χ1) is 16.9. The van der Waals surface area contributed by atoms with Crippen molar-refractivity contribution in [3.05, 3.63) is 88.9 Å². The van der Waals surface area contributed by atoms with Crippen LogP contribution in [0, 0.1) is 6.92 Å². The molecule has 10 heteroatoms. The summed E-state index contributed by atoms with van der Waals surface area (Å²) in [5, 5.41) is 24.6. The van der Waals surface area contributed by atoms with Crippen molar-refractivity contribution in [3.8, 4) is 5.88 Å². The third-order valence-electron chi connectivity index (χ3n) is 5.52. The van der Waals surface area contributed by atoms with Crippen LogP contribution >= 0.6 is 0 Å². The number of aromatic nitrogens is 5. The van der Waals surface area contributed by atoms with Crippen molar-refractivity contribution in [1.29, 1.82) is 0 Å². The first-order valence-electron chi connectivity index (χ1n) is 10.7. The molecule has 35 heavy (non-hydrogen) atoms. The van der Waals surface area contributed by atoms with Crippen LogP contribution in [0.2, 0.25) is 0 Å². The van der Waals surface area contributed by atoms with Gasteiger partial charge >= 0.3 is 0 Å². The van der Waals surface area contributed by atoms with E-state index in [0.29, 0.717) is 39.4 Å². The van der Waals surface area contributed by atoms with Crippen LogP contribution in [0.4, 0.5) is 11.5 Å². The van der Waals surface area contributed by atoms with E-state index in [1.165, 1.54) is 10.9 Å². The average Bonchev–Trinajstić information content (AvgIpc) is 3.55. The fourth-order valence-electron chi connectivity index (χ4n) is 3.85.